The van der Waals surface area contributed by atoms with Gasteiger partial charge in [0.15, 0.2) is 11.4 Å². The van der Waals surface area contributed by atoms with Crippen LogP contribution in [0.15, 0.2) is 24.3 Å². The van der Waals surface area contributed by atoms with Crippen LogP contribution in [0.5, 0.6) is 0 Å². The second-order valence-electron chi connectivity index (χ2n) is 6.30. The Kier molecular flexibility index (Phi) is 3.85. The number of aliphatic carboxylic acids is 1. The maximum absolute atomic E-state index is 11.8. The predicted molar refractivity (Wildman–Crippen MR) is 79.9 cm³/mol. The van der Waals surface area contributed by atoms with E-state index in [4.69, 9.17) is 9.47 Å². The number of nitro benzene ring substituents is 1. The molecule has 0 unspecified atom stereocenters. The minimum atomic E-state index is -1.65. The number of rotatable bonds is 3. The van der Waals surface area contributed by atoms with Gasteiger partial charge in [0.25, 0.3) is 5.69 Å². The van der Waals surface area contributed by atoms with Crippen LogP contribution < -0.4 is 0 Å². The third-order valence-corrected chi connectivity index (χ3v) is 4.69. The third-order valence-electron chi connectivity index (χ3n) is 4.69. The van der Waals surface area contributed by atoms with Gasteiger partial charge < -0.3 is 14.6 Å². The number of benzene rings is 1. The first-order valence-electron chi connectivity index (χ1n) is 7.73. The Balaban J connectivity index is 2.06. The molecule has 0 aromatic heterocycles. The highest BCUT2D eigenvalue weighted by atomic mass is 16.8. The Labute approximate surface area is 133 Å². The Morgan fingerprint density at radius 2 is 1.96 bits per heavy atom. The number of carbonyl (C=O) groups is 1. The van der Waals surface area contributed by atoms with Crippen LogP contribution in [0.2, 0.25) is 0 Å². The van der Waals surface area contributed by atoms with E-state index >= 15 is 0 Å². The summed E-state index contributed by atoms with van der Waals surface area (Å²) in [6.07, 6.45) is 3.02. The minimum absolute atomic E-state index is 0.151. The number of carboxylic acid groups (broad SMARTS) is 1. The fourth-order valence-corrected chi connectivity index (χ4v) is 3.49. The van der Waals surface area contributed by atoms with Gasteiger partial charge in [-0.1, -0.05) is 18.6 Å². The van der Waals surface area contributed by atoms with Crippen LogP contribution in [-0.2, 0) is 14.3 Å². The van der Waals surface area contributed by atoms with Crippen molar-refractivity contribution in [1.82, 2.24) is 0 Å². The van der Waals surface area contributed by atoms with Crippen molar-refractivity contribution in [2.24, 2.45) is 0 Å². The van der Waals surface area contributed by atoms with Crippen molar-refractivity contribution in [3.05, 3.63) is 39.9 Å². The van der Waals surface area contributed by atoms with Gasteiger partial charge in [0.1, 0.15) is 6.10 Å². The van der Waals surface area contributed by atoms with Crippen LogP contribution in [0, 0.1) is 10.1 Å². The van der Waals surface area contributed by atoms with Gasteiger partial charge in [0.05, 0.1) is 10.5 Å². The summed E-state index contributed by atoms with van der Waals surface area (Å²) in [4.78, 5) is 22.6. The highest BCUT2D eigenvalue weighted by molar-refractivity contribution is 5.79. The number of hydrogen-bond acceptors (Lipinski definition) is 5. The van der Waals surface area contributed by atoms with E-state index < -0.39 is 28.4 Å². The standard InChI is InChI=1S/C16H19NO6/c1-15(14(18)19)13(11-7-3-4-8-12(11)17(20)21)22-16(23-15)9-5-2-6-10-16/h3-4,7-8,13H,2,5-6,9-10H2,1H3,(H,18,19)/t13-,15+/m1/s1. The molecule has 1 saturated carbocycles. The number of hydrogen-bond donors (Lipinski definition) is 1. The summed E-state index contributed by atoms with van der Waals surface area (Å²) in [5.74, 6) is -2.14. The molecule has 1 aromatic rings. The van der Waals surface area contributed by atoms with Crippen molar-refractivity contribution in [2.75, 3.05) is 0 Å². The number of nitro groups is 1. The number of nitrogens with zero attached hydrogens (tertiary/aromatic N) is 1. The van der Waals surface area contributed by atoms with Crippen molar-refractivity contribution in [1.29, 1.82) is 0 Å². The summed E-state index contributed by atoms with van der Waals surface area (Å²) in [7, 11) is 0. The Morgan fingerprint density at radius 1 is 1.30 bits per heavy atom. The maximum Gasteiger partial charge on any atom is 0.338 e. The normalized spacial score (nSPS) is 29.5. The molecule has 2 fully saturated rings. The third kappa shape index (κ3) is 2.60. The number of ether oxygens (including phenoxy) is 2. The molecule has 3 rings (SSSR count). The molecule has 1 heterocycles. The first-order chi connectivity index (χ1) is 10.9. The highest BCUT2D eigenvalue weighted by Gasteiger charge is 2.60. The first-order valence-corrected chi connectivity index (χ1v) is 7.73. The molecular weight excluding hydrogens is 302 g/mol. The Morgan fingerprint density at radius 3 is 2.57 bits per heavy atom. The van der Waals surface area contributed by atoms with E-state index in [-0.39, 0.29) is 11.3 Å². The smallest absolute Gasteiger partial charge is 0.338 e. The summed E-state index contributed by atoms with van der Waals surface area (Å²) >= 11 is 0. The molecule has 2 aliphatic rings. The Bertz CT molecular complexity index is 639. The molecule has 1 aliphatic carbocycles. The van der Waals surface area contributed by atoms with Crippen LogP contribution in [0.1, 0.15) is 50.7 Å². The van der Waals surface area contributed by atoms with Crippen LogP contribution in [0.3, 0.4) is 0 Å². The monoisotopic (exact) mass is 321 g/mol. The van der Waals surface area contributed by atoms with E-state index in [1.54, 1.807) is 12.1 Å². The molecule has 2 atom stereocenters. The molecule has 1 aliphatic heterocycles. The average molecular weight is 321 g/mol. The van der Waals surface area contributed by atoms with Gasteiger partial charge in [-0.25, -0.2) is 4.79 Å². The maximum atomic E-state index is 11.8. The SMILES string of the molecule is C[C@]1(C(=O)O)OC2(CCCCC2)O[C@@H]1c1ccccc1[N+](=O)[O-]. The van der Waals surface area contributed by atoms with Gasteiger partial charge in [0.2, 0.25) is 0 Å². The molecule has 1 N–H and O–H groups in total. The fourth-order valence-electron chi connectivity index (χ4n) is 3.49. The molecule has 1 spiro atoms. The summed E-state index contributed by atoms with van der Waals surface area (Å²) in [6.45, 7) is 1.43. The first kappa shape index (κ1) is 15.9. The molecule has 23 heavy (non-hydrogen) atoms. The quantitative estimate of drug-likeness (QED) is 0.678. The lowest BCUT2D eigenvalue weighted by atomic mass is 9.92. The highest BCUT2D eigenvalue weighted by Crippen LogP contribution is 2.52. The van der Waals surface area contributed by atoms with E-state index in [2.05, 4.69) is 0 Å². The zero-order valence-electron chi connectivity index (χ0n) is 12.9. The number of para-hydroxylation sites is 1. The van der Waals surface area contributed by atoms with Gasteiger partial charge in [-0.05, 0) is 25.8 Å². The van der Waals surface area contributed by atoms with E-state index in [0.717, 1.165) is 19.3 Å². The lowest BCUT2D eigenvalue weighted by Crippen LogP contribution is -2.42. The van der Waals surface area contributed by atoms with Crippen molar-refractivity contribution in [3.63, 3.8) is 0 Å². The van der Waals surface area contributed by atoms with Crippen molar-refractivity contribution < 1.29 is 24.3 Å². The van der Waals surface area contributed by atoms with Gasteiger partial charge in [-0.2, -0.15) is 0 Å². The van der Waals surface area contributed by atoms with Crippen LogP contribution in [0.25, 0.3) is 0 Å². The Hall–Kier alpha value is -1.99. The average Bonchev–Trinajstić information content (AvgIpc) is 2.81. The van der Waals surface area contributed by atoms with Gasteiger partial charge >= 0.3 is 5.97 Å². The van der Waals surface area contributed by atoms with Gasteiger partial charge in [-0.15, -0.1) is 0 Å². The van der Waals surface area contributed by atoms with Crippen LogP contribution >= 0.6 is 0 Å². The topological polar surface area (TPSA) is 98.9 Å². The lowest BCUT2D eigenvalue weighted by molar-refractivity contribution is -0.386. The van der Waals surface area contributed by atoms with Gasteiger partial charge in [-0.3, -0.25) is 10.1 Å². The van der Waals surface area contributed by atoms with Crippen LogP contribution in [0.4, 0.5) is 5.69 Å². The molecule has 0 bridgehead atoms. The van der Waals surface area contributed by atoms with Crippen molar-refractivity contribution in [3.8, 4) is 0 Å². The van der Waals surface area contributed by atoms with E-state index in [1.807, 2.05) is 0 Å². The second-order valence-corrected chi connectivity index (χ2v) is 6.30. The second kappa shape index (κ2) is 5.58. The molecule has 1 saturated heterocycles. The summed E-state index contributed by atoms with van der Waals surface area (Å²) in [5, 5.41) is 21.0. The summed E-state index contributed by atoms with van der Waals surface area (Å²) in [6, 6.07) is 6.08. The molecule has 1 aromatic carbocycles. The van der Waals surface area contributed by atoms with E-state index in [1.165, 1.54) is 19.1 Å². The summed E-state index contributed by atoms with van der Waals surface area (Å²) < 4.78 is 11.9. The molecule has 0 amide bonds. The molecular formula is C16H19NO6. The van der Waals surface area contributed by atoms with Crippen molar-refractivity contribution in [2.45, 2.75) is 56.5 Å². The summed E-state index contributed by atoms with van der Waals surface area (Å²) in [5.41, 5.74) is -1.56. The fraction of sp³-hybridized carbons (Fsp3) is 0.562. The number of carboxylic acids is 1. The van der Waals surface area contributed by atoms with E-state index in [0.29, 0.717) is 12.8 Å². The predicted octanol–water partition coefficient (Wildman–Crippen LogP) is 3.19. The molecule has 7 nitrogen and oxygen atoms in total. The van der Waals surface area contributed by atoms with E-state index in [9.17, 15) is 20.0 Å². The zero-order chi connectivity index (χ0) is 16.7. The largest absolute Gasteiger partial charge is 0.479 e. The molecule has 7 heteroatoms. The van der Waals surface area contributed by atoms with Crippen molar-refractivity contribution >= 4 is 11.7 Å². The molecule has 124 valence electrons. The van der Waals surface area contributed by atoms with Gasteiger partial charge in [0, 0.05) is 18.9 Å². The lowest BCUT2D eigenvalue weighted by Gasteiger charge is -2.32. The zero-order valence-corrected chi connectivity index (χ0v) is 12.9. The van der Waals surface area contributed by atoms with Crippen LogP contribution in [-0.4, -0.2) is 27.4 Å². The minimum Gasteiger partial charge on any atom is -0.479 e. The molecule has 0 radical (unpaired) electrons.